The maximum atomic E-state index is 12.3. The molecule has 0 aliphatic carbocycles. The van der Waals surface area contributed by atoms with Crippen LogP contribution in [0.15, 0.2) is 36.7 Å². The molecule has 0 spiro atoms. The van der Waals surface area contributed by atoms with Gasteiger partial charge in [0.15, 0.2) is 0 Å². The van der Waals surface area contributed by atoms with Gasteiger partial charge in [0.25, 0.3) is 5.91 Å². The van der Waals surface area contributed by atoms with Crippen molar-refractivity contribution >= 4 is 17.4 Å². The summed E-state index contributed by atoms with van der Waals surface area (Å²) in [5.74, 6) is 0.386. The summed E-state index contributed by atoms with van der Waals surface area (Å²) >= 11 is 0. The molecule has 0 aliphatic heterocycles. The van der Waals surface area contributed by atoms with Gasteiger partial charge in [-0.3, -0.25) is 4.79 Å². The fourth-order valence-electron chi connectivity index (χ4n) is 2.05. The van der Waals surface area contributed by atoms with E-state index in [1.807, 2.05) is 18.0 Å². The molecular weight excluding hydrogens is 290 g/mol. The molecule has 1 aromatic carbocycles. The lowest BCUT2D eigenvalue weighted by Crippen LogP contribution is -2.21. The Hall–Kier alpha value is -2.94. The molecule has 0 unspecified atom stereocenters. The first-order chi connectivity index (χ1) is 11.1. The molecule has 0 fully saturated rings. The molecule has 0 atom stereocenters. The van der Waals surface area contributed by atoms with E-state index in [2.05, 4.69) is 22.2 Å². The monoisotopic (exact) mass is 309 g/mol. The van der Waals surface area contributed by atoms with Crippen molar-refractivity contribution in [3.8, 4) is 6.07 Å². The molecule has 1 amide bonds. The zero-order valence-corrected chi connectivity index (χ0v) is 13.3. The van der Waals surface area contributed by atoms with Crippen LogP contribution in [0.3, 0.4) is 0 Å². The van der Waals surface area contributed by atoms with Gasteiger partial charge in [-0.25, -0.2) is 9.97 Å². The average molecular weight is 309 g/mol. The lowest BCUT2D eigenvalue weighted by atomic mass is 10.2. The number of unbranched alkanes of at least 4 members (excludes halogenated alkanes) is 1. The molecule has 2 rings (SSSR count). The maximum Gasteiger partial charge on any atom is 0.274 e. The third kappa shape index (κ3) is 4.51. The third-order valence-electron chi connectivity index (χ3n) is 3.37. The molecule has 2 aromatic rings. The third-order valence-corrected chi connectivity index (χ3v) is 3.37. The fourth-order valence-corrected chi connectivity index (χ4v) is 2.05. The number of hydrogen-bond donors (Lipinski definition) is 1. The Morgan fingerprint density at radius 1 is 1.35 bits per heavy atom. The van der Waals surface area contributed by atoms with E-state index in [1.165, 1.54) is 6.33 Å². The van der Waals surface area contributed by atoms with E-state index >= 15 is 0 Å². The maximum absolute atomic E-state index is 12.3. The molecule has 0 saturated carbocycles. The Bertz CT molecular complexity index is 723. The molecule has 23 heavy (non-hydrogen) atoms. The fraction of sp³-hybridized carbons (Fsp3) is 0.294. The van der Waals surface area contributed by atoms with Crippen molar-refractivity contribution in [1.29, 1.82) is 5.26 Å². The minimum absolute atomic E-state index is 0.292. The molecule has 0 radical (unpaired) electrons. The second-order valence-corrected chi connectivity index (χ2v) is 5.18. The van der Waals surface area contributed by atoms with Gasteiger partial charge < -0.3 is 10.2 Å². The summed E-state index contributed by atoms with van der Waals surface area (Å²) in [5.41, 5.74) is 1.35. The molecule has 1 heterocycles. The molecule has 6 heteroatoms. The van der Waals surface area contributed by atoms with Crippen molar-refractivity contribution in [2.75, 3.05) is 23.8 Å². The number of hydrogen-bond acceptors (Lipinski definition) is 5. The quantitative estimate of drug-likeness (QED) is 0.887. The van der Waals surface area contributed by atoms with Crippen molar-refractivity contribution in [2.45, 2.75) is 19.8 Å². The van der Waals surface area contributed by atoms with E-state index in [0.29, 0.717) is 22.8 Å². The highest BCUT2D eigenvalue weighted by molar-refractivity contribution is 6.03. The Morgan fingerprint density at radius 3 is 2.91 bits per heavy atom. The van der Waals surface area contributed by atoms with E-state index in [9.17, 15) is 4.79 Å². The zero-order valence-electron chi connectivity index (χ0n) is 13.3. The van der Waals surface area contributed by atoms with Crippen LogP contribution in [0.1, 0.15) is 35.8 Å². The average Bonchev–Trinajstić information content (AvgIpc) is 2.59. The minimum Gasteiger partial charge on any atom is -0.360 e. The Kier molecular flexibility index (Phi) is 5.64. The number of aromatic nitrogens is 2. The second-order valence-electron chi connectivity index (χ2n) is 5.18. The van der Waals surface area contributed by atoms with Gasteiger partial charge in [-0.1, -0.05) is 19.4 Å². The molecule has 0 saturated heterocycles. The number of carbonyl (C=O) groups is 1. The van der Waals surface area contributed by atoms with Crippen molar-refractivity contribution in [3.63, 3.8) is 0 Å². The highest BCUT2D eigenvalue weighted by Gasteiger charge is 2.11. The normalized spacial score (nSPS) is 9.96. The minimum atomic E-state index is -0.326. The van der Waals surface area contributed by atoms with Crippen LogP contribution in [0.5, 0.6) is 0 Å². The van der Waals surface area contributed by atoms with E-state index in [-0.39, 0.29) is 5.91 Å². The predicted octanol–water partition coefficient (Wildman–Crippen LogP) is 2.84. The van der Waals surface area contributed by atoms with Crippen molar-refractivity contribution in [1.82, 2.24) is 9.97 Å². The molecule has 1 aromatic heterocycles. The van der Waals surface area contributed by atoms with Crippen LogP contribution in [0, 0.1) is 11.3 Å². The van der Waals surface area contributed by atoms with Gasteiger partial charge in [0, 0.05) is 25.3 Å². The van der Waals surface area contributed by atoms with E-state index in [4.69, 9.17) is 5.26 Å². The van der Waals surface area contributed by atoms with E-state index in [1.54, 1.807) is 30.3 Å². The molecule has 118 valence electrons. The summed E-state index contributed by atoms with van der Waals surface area (Å²) < 4.78 is 0. The zero-order chi connectivity index (χ0) is 16.7. The summed E-state index contributed by atoms with van der Waals surface area (Å²) in [7, 11) is 1.94. The Labute approximate surface area is 135 Å². The number of carbonyl (C=O) groups excluding carboxylic acids is 1. The van der Waals surface area contributed by atoms with Crippen LogP contribution in [0.2, 0.25) is 0 Å². The van der Waals surface area contributed by atoms with Crippen molar-refractivity contribution in [2.24, 2.45) is 0 Å². The number of benzene rings is 1. The summed E-state index contributed by atoms with van der Waals surface area (Å²) in [4.78, 5) is 22.5. The molecule has 0 bridgehead atoms. The van der Waals surface area contributed by atoms with Crippen molar-refractivity contribution in [3.05, 3.63) is 47.9 Å². The first-order valence-electron chi connectivity index (χ1n) is 7.48. The second kappa shape index (κ2) is 7.90. The highest BCUT2D eigenvalue weighted by Crippen LogP contribution is 2.14. The predicted molar refractivity (Wildman–Crippen MR) is 89.3 cm³/mol. The topological polar surface area (TPSA) is 81.9 Å². The van der Waals surface area contributed by atoms with Gasteiger partial charge >= 0.3 is 0 Å². The first-order valence-corrected chi connectivity index (χ1v) is 7.48. The van der Waals surface area contributed by atoms with Gasteiger partial charge in [-0.2, -0.15) is 5.26 Å². The molecular formula is C17H19N5O. The van der Waals surface area contributed by atoms with Crippen LogP contribution in [0.4, 0.5) is 11.5 Å². The summed E-state index contributed by atoms with van der Waals surface area (Å²) in [6, 6.07) is 10.5. The van der Waals surface area contributed by atoms with Crippen LogP contribution in [-0.2, 0) is 0 Å². The smallest absolute Gasteiger partial charge is 0.274 e. The SMILES string of the molecule is CCCCN(C)c1cc(C(=O)Nc2cccc(C#N)c2)ncn1. The first kappa shape index (κ1) is 16.4. The van der Waals surface area contributed by atoms with Crippen LogP contribution < -0.4 is 10.2 Å². The Morgan fingerprint density at radius 2 is 2.17 bits per heavy atom. The lowest BCUT2D eigenvalue weighted by Gasteiger charge is -2.17. The highest BCUT2D eigenvalue weighted by atomic mass is 16.1. The van der Waals surface area contributed by atoms with Gasteiger partial charge in [-0.05, 0) is 24.6 Å². The van der Waals surface area contributed by atoms with Gasteiger partial charge in [0.05, 0.1) is 11.6 Å². The van der Waals surface area contributed by atoms with Crippen LogP contribution >= 0.6 is 0 Å². The van der Waals surface area contributed by atoms with Gasteiger partial charge in [0.2, 0.25) is 0 Å². The standard InChI is InChI=1S/C17H19N5O/c1-3-4-8-22(2)16-10-15(19-12-20-16)17(23)21-14-7-5-6-13(9-14)11-18/h5-7,9-10,12H,3-4,8H2,1-2H3,(H,21,23). The number of nitriles is 1. The number of anilines is 2. The summed E-state index contributed by atoms with van der Waals surface area (Å²) in [6.07, 6.45) is 3.54. The van der Waals surface area contributed by atoms with E-state index in [0.717, 1.165) is 19.4 Å². The number of amides is 1. The molecule has 6 nitrogen and oxygen atoms in total. The Balaban J connectivity index is 2.11. The van der Waals surface area contributed by atoms with Gasteiger partial charge in [-0.15, -0.1) is 0 Å². The lowest BCUT2D eigenvalue weighted by molar-refractivity contribution is 0.102. The molecule has 0 aliphatic rings. The van der Waals surface area contributed by atoms with E-state index < -0.39 is 0 Å². The van der Waals surface area contributed by atoms with Gasteiger partial charge in [0.1, 0.15) is 17.8 Å². The number of rotatable bonds is 6. The largest absolute Gasteiger partial charge is 0.360 e. The van der Waals surface area contributed by atoms with Crippen LogP contribution in [-0.4, -0.2) is 29.5 Å². The number of nitrogens with zero attached hydrogens (tertiary/aromatic N) is 4. The summed E-state index contributed by atoms with van der Waals surface area (Å²) in [5, 5.41) is 11.6. The molecule has 1 N–H and O–H groups in total. The number of nitrogens with one attached hydrogen (secondary N) is 1. The van der Waals surface area contributed by atoms with Crippen molar-refractivity contribution < 1.29 is 4.79 Å². The summed E-state index contributed by atoms with van der Waals surface area (Å²) in [6.45, 7) is 3.00. The van der Waals surface area contributed by atoms with Crippen LogP contribution in [0.25, 0.3) is 0 Å².